The van der Waals surface area contributed by atoms with Crippen molar-refractivity contribution in [1.82, 2.24) is 0 Å². The minimum atomic E-state index is -2.03. The zero-order valence-corrected chi connectivity index (χ0v) is 17.2. The Morgan fingerprint density at radius 1 is 1.43 bits per heavy atom. The van der Waals surface area contributed by atoms with Crippen molar-refractivity contribution in [2.45, 2.75) is 64.9 Å². The van der Waals surface area contributed by atoms with Crippen LogP contribution in [0.5, 0.6) is 0 Å². The zero-order chi connectivity index (χ0) is 21.3. The van der Waals surface area contributed by atoms with Crippen LogP contribution in [0.4, 0.5) is 0 Å². The number of rotatable bonds is 7. The van der Waals surface area contributed by atoms with Gasteiger partial charge in [0.05, 0.1) is 19.2 Å². The molecule has 0 aromatic carbocycles. The van der Waals surface area contributed by atoms with Gasteiger partial charge in [-0.05, 0) is 32.8 Å². The first-order valence-corrected chi connectivity index (χ1v) is 9.65. The summed E-state index contributed by atoms with van der Waals surface area (Å²) in [5, 5.41) is 33.4. The van der Waals surface area contributed by atoms with E-state index in [2.05, 4.69) is 0 Å². The van der Waals surface area contributed by atoms with E-state index < -0.39 is 46.4 Å². The number of carbonyl (C=O) groups is 2. The van der Waals surface area contributed by atoms with Gasteiger partial charge in [-0.25, -0.2) is 9.59 Å². The van der Waals surface area contributed by atoms with Crippen LogP contribution in [-0.4, -0.2) is 70.3 Å². The number of aliphatic hydroxyl groups excluding tert-OH is 1. The van der Waals surface area contributed by atoms with E-state index >= 15 is 0 Å². The summed E-state index contributed by atoms with van der Waals surface area (Å²) in [5.41, 5.74) is -0.995. The summed E-state index contributed by atoms with van der Waals surface area (Å²) >= 11 is 0. The van der Waals surface area contributed by atoms with Crippen LogP contribution >= 0.6 is 0 Å². The lowest BCUT2D eigenvalue weighted by Crippen LogP contribution is -2.53. The van der Waals surface area contributed by atoms with E-state index in [1.807, 2.05) is 0 Å². The quantitative estimate of drug-likeness (QED) is 0.218. The molecule has 2 rings (SSSR count). The van der Waals surface area contributed by atoms with Gasteiger partial charge < -0.3 is 29.5 Å². The van der Waals surface area contributed by atoms with Crippen LogP contribution < -0.4 is 0 Å². The van der Waals surface area contributed by atoms with E-state index in [0.717, 1.165) is 0 Å². The van der Waals surface area contributed by atoms with E-state index in [9.17, 15) is 25.0 Å². The topological polar surface area (TPSA) is 116 Å². The summed E-state index contributed by atoms with van der Waals surface area (Å²) in [5.74, 6) is -1.96. The van der Waals surface area contributed by atoms with Gasteiger partial charge >= 0.3 is 11.9 Å². The summed E-state index contributed by atoms with van der Waals surface area (Å²) < 4.78 is 10.3. The van der Waals surface area contributed by atoms with Crippen LogP contribution in [0.3, 0.4) is 0 Å². The lowest BCUT2D eigenvalue weighted by Gasteiger charge is -2.40. The van der Waals surface area contributed by atoms with Crippen molar-refractivity contribution >= 4 is 11.9 Å². The number of quaternary nitrogens is 1. The average Bonchev–Trinajstić information content (AvgIpc) is 3.13. The first-order chi connectivity index (χ1) is 13.0. The second-order valence-electron chi connectivity index (χ2n) is 8.02. The average molecular weight is 397 g/mol. The fourth-order valence-corrected chi connectivity index (χ4v) is 3.85. The van der Waals surface area contributed by atoms with Crippen LogP contribution in [0.1, 0.15) is 41.0 Å². The Bertz CT molecular complexity index is 674. The largest absolute Gasteiger partial charge is 0.632 e. The summed E-state index contributed by atoms with van der Waals surface area (Å²) in [6.07, 6.45) is 1.90. The van der Waals surface area contributed by atoms with Crippen molar-refractivity contribution in [3.63, 3.8) is 0 Å². The number of esters is 2. The van der Waals surface area contributed by atoms with Gasteiger partial charge in [0.25, 0.3) is 0 Å². The molecule has 0 bridgehead atoms. The number of carbonyl (C=O) groups excluding carboxylic acids is 2. The number of fused-ring (bicyclic) bond motifs is 1. The predicted molar refractivity (Wildman–Crippen MR) is 102 cm³/mol. The minimum Gasteiger partial charge on any atom is -0.632 e. The second-order valence-corrected chi connectivity index (χ2v) is 8.02. The van der Waals surface area contributed by atoms with Crippen LogP contribution in [0.15, 0.2) is 23.3 Å². The van der Waals surface area contributed by atoms with Crippen molar-refractivity contribution < 1.29 is 33.9 Å². The molecule has 8 heteroatoms. The molecule has 0 saturated carbocycles. The Kier molecular flexibility index (Phi) is 6.70. The fraction of sp³-hybridized carbons (Fsp3) is 0.700. The molecule has 2 N–H and O–H groups in total. The van der Waals surface area contributed by atoms with Gasteiger partial charge in [-0.1, -0.05) is 19.9 Å². The second kappa shape index (κ2) is 8.32. The highest BCUT2D eigenvalue weighted by atomic mass is 16.6. The number of nitrogens with zero attached hydrogens (tertiary/aromatic N) is 1. The number of hydrogen-bond acceptors (Lipinski definition) is 7. The standard InChI is InChI=1S/C20H31NO7/c1-6-13(4)18(23)28-16-8-10-21(26)9-7-15(17(16)21)11-27-19(24)20(25,12(2)3)14(5)22/h6-7,12,14,16-17,22,25H,8-11H2,1-5H3/b13-6+. The van der Waals surface area contributed by atoms with Gasteiger partial charge in [-0.15, -0.1) is 0 Å². The SMILES string of the molecule is C/C=C(\C)C(=O)OC1CC[N+]2([O-])CC=C(COC(=O)C(O)(C(C)C)C(C)O)C12. The fourth-order valence-electron chi connectivity index (χ4n) is 3.85. The Labute approximate surface area is 165 Å². The Morgan fingerprint density at radius 2 is 2.07 bits per heavy atom. The molecule has 2 heterocycles. The third kappa shape index (κ3) is 4.00. The molecular formula is C20H31NO7. The zero-order valence-electron chi connectivity index (χ0n) is 17.2. The molecule has 0 aliphatic carbocycles. The molecular weight excluding hydrogens is 366 g/mol. The van der Waals surface area contributed by atoms with E-state index in [0.29, 0.717) is 24.1 Å². The molecule has 0 radical (unpaired) electrons. The molecule has 158 valence electrons. The van der Waals surface area contributed by atoms with Crippen LogP contribution in [-0.2, 0) is 19.1 Å². The lowest BCUT2D eigenvalue weighted by molar-refractivity contribution is -0.877. The molecule has 0 aromatic heterocycles. The Morgan fingerprint density at radius 3 is 2.61 bits per heavy atom. The number of aliphatic hydroxyl groups is 2. The van der Waals surface area contributed by atoms with Crippen molar-refractivity contribution in [2.24, 2.45) is 5.92 Å². The molecule has 1 fully saturated rings. The summed E-state index contributed by atoms with van der Waals surface area (Å²) in [6, 6.07) is -0.625. The maximum atomic E-state index is 13.0. The minimum absolute atomic E-state index is 0.190. The van der Waals surface area contributed by atoms with Crippen molar-refractivity contribution in [1.29, 1.82) is 0 Å². The third-order valence-corrected chi connectivity index (χ3v) is 5.92. The van der Waals surface area contributed by atoms with E-state index in [1.165, 1.54) is 6.92 Å². The normalized spacial score (nSPS) is 30.5. The molecule has 2 aliphatic heterocycles. The Balaban J connectivity index is 2.10. The van der Waals surface area contributed by atoms with Crippen LogP contribution in [0, 0.1) is 11.1 Å². The highest BCUT2D eigenvalue weighted by Crippen LogP contribution is 2.38. The van der Waals surface area contributed by atoms with Crippen LogP contribution in [0.2, 0.25) is 0 Å². The monoisotopic (exact) mass is 397 g/mol. The molecule has 28 heavy (non-hydrogen) atoms. The van der Waals surface area contributed by atoms with Gasteiger partial charge in [0.1, 0.15) is 6.61 Å². The van der Waals surface area contributed by atoms with Crippen molar-refractivity contribution in [3.8, 4) is 0 Å². The third-order valence-electron chi connectivity index (χ3n) is 5.92. The summed E-state index contributed by atoms with van der Waals surface area (Å²) in [6.45, 7) is 8.27. The first kappa shape index (κ1) is 22.5. The molecule has 5 unspecified atom stereocenters. The molecule has 0 aromatic rings. The summed E-state index contributed by atoms with van der Waals surface area (Å²) in [4.78, 5) is 24.5. The van der Waals surface area contributed by atoms with Crippen molar-refractivity contribution in [2.75, 3.05) is 19.7 Å². The van der Waals surface area contributed by atoms with Gasteiger partial charge in [0, 0.05) is 17.6 Å². The van der Waals surface area contributed by atoms with E-state index in [1.54, 1.807) is 39.8 Å². The summed E-state index contributed by atoms with van der Waals surface area (Å²) in [7, 11) is 0. The van der Waals surface area contributed by atoms with Gasteiger partial charge in [-0.2, -0.15) is 0 Å². The Hall–Kier alpha value is -1.74. The molecule has 0 amide bonds. The number of allylic oxidation sites excluding steroid dienone is 1. The molecule has 2 aliphatic rings. The predicted octanol–water partition coefficient (Wildman–Crippen LogP) is 1.20. The molecule has 0 spiro atoms. The van der Waals surface area contributed by atoms with Gasteiger partial charge in [0.2, 0.25) is 0 Å². The number of ether oxygens (including phenoxy) is 2. The molecule has 1 saturated heterocycles. The maximum Gasteiger partial charge on any atom is 0.341 e. The van der Waals surface area contributed by atoms with Gasteiger partial charge in [0.15, 0.2) is 17.7 Å². The lowest BCUT2D eigenvalue weighted by atomic mass is 9.85. The maximum absolute atomic E-state index is 13.0. The highest BCUT2D eigenvalue weighted by Gasteiger charge is 2.51. The van der Waals surface area contributed by atoms with E-state index in [4.69, 9.17) is 9.47 Å². The van der Waals surface area contributed by atoms with E-state index in [-0.39, 0.29) is 13.2 Å². The number of hydrogen-bond donors (Lipinski definition) is 2. The highest BCUT2D eigenvalue weighted by molar-refractivity contribution is 5.87. The van der Waals surface area contributed by atoms with Crippen molar-refractivity contribution in [3.05, 3.63) is 28.5 Å². The molecule has 8 nitrogen and oxygen atoms in total. The smallest absolute Gasteiger partial charge is 0.341 e. The van der Waals surface area contributed by atoms with Crippen LogP contribution in [0.25, 0.3) is 0 Å². The number of hydroxylamine groups is 3. The molecule has 5 atom stereocenters. The first-order valence-electron chi connectivity index (χ1n) is 9.65. The van der Waals surface area contributed by atoms with Gasteiger partial charge in [-0.3, -0.25) is 0 Å².